The number of hydrogen-bond acceptors (Lipinski definition) is 7. The van der Waals surface area contributed by atoms with Gasteiger partial charge >= 0.3 is 12.1 Å². The van der Waals surface area contributed by atoms with Crippen LogP contribution < -0.4 is 5.32 Å². The van der Waals surface area contributed by atoms with Gasteiger partial charge < -0.3 is 19.7 Å². The van der Waals surface area contributed by atoms with Crippen LogP contribution in [0.2, 0.25) is 10.0 Å². The number of methoxy groups -OCH3 is 1. The highest BCUT2D eigenvalue weighted by Gasteiger charge is 2.38. The van der Waals surface area contributed by atoms with Gasteiger partial charge in [0.2, 0.25) is 0 Å². The van der Waals surface area contributed by atoms with E-state index < -0.39 is 18.2 Å². The van der Waals surface area contributed by atoms with E-state index in [9.17, 15) is 9.59 Å². The number of nitrogens with zero attached hydrogens (tertiary/aromatic N) is 3. The van der Waals surface area contributed by atoms with Crippen molar-refractivity contribution in [2.24, 2.45) is 0 Å². The molecule has 0 radical (unpaired) electrons. The number of nitrogens with one attached hydrogen (secondary N) is 1. The van der Waals surface area contributed by atoms with Crippen molar-refractivity contribution in [1.29, 1.82) is 0 Å². The second-order valence-corrected chi connectivity index (χ2v) is 8.26. The lowest BCUT2D eigenvalue weighted by Gasteiger charge is -2.22. The normalized spacial score (nSPS) is 17.9. The lowest BCUT2D eigenvalue weighted by Crippen LogP contribution is -2.36. The second-order valence-electron chi connectivity index (χ2n) is 7.42. The van der Waals surface area contributed by atoms with Gasteiger partial charge in [-0.2, -0.15) is 0 Å². The van der Waals surface area contributed by atoms with E-state index in [1.165, 1.54) is 18.9 Å². The van der Waals surface area contributed by atoms with Crippen LogP contribution in [-0.4, -0.2) is 59.3 Å². The van der Waals surface area contributed by atoms with Gasteiger partial charge in [-0.25, -0.2) is 14.8 Å². The van der Waals surface area contributed by atoms with E-state index in [4.69, 9.17) is 42.6 Å². The summed E-state index contributed by atoms with van der Waals surface area (Å²) in [6.07, 6.45) is 0.235. The van der Waals surface area contributed by atoms with Crippen molar-refractivity contribution >= 4 is 41.1 Å². The number of aromatic nitrogens is 2. The number of aryl methyl sites for hydroxylation is 2. The van der Waals surface area contributed by atoms with Gasteiger partial charge in [0.25, 0.3) is 0 Å². The molecule has 2 heterocycles. The summed E-state index contributed by atoms with van der Waals surface area (Å²) in [6.45, 7) is 5.85. The Balaban J connectivity index is 1.96. The van der Waals surface area contributed by atoms with Crippen molar-refractivity contribution in [2.75, 3.05) is 25.5 Å². The molecule has 1 aliphatic rings. The molecule has 3 rings (SSSR count). The summed E-state index contributed by atoms with van der Waals surface area (Å²) in [5, 5.41) is 4.40. The van der Waals surface area contributed by atoms with Gasteiger partial charge in [-0.3, -0.25) is 4.79 Å². The molecule has 0 aliphatic carbocycles. The zero-order valence-electron chi connectivity index (χ0n) is 18.4. The molecule has 0 spiro atoms. The first-order chi connectivity index (χ1) is 15.3. The van der Waals surface area contributed by atoms with Gasteiger partial charge in [0.05, 0.1) is 41.8 Å². The van der Waals surface area contributed by atoms with Crippen LogP contribution in [0.25, 0.3) is 11.3 Å². The molecule has 32 heavy (non-hydrogen) atoms. The first kappa shape index (κ1) is 24.1. The maximum Gasteiger partial charge on any atom is 0.409 e. The van der Waals surface area contributed by atoms with Crippen LogP contribution in [0, 0.1) is 0 Å². The summed E-state index contributed by atoms with van der Waals surface area (Å²) in [4.78, 5) is 34.8. The van der Waals surface area contributed by atoms with Crippen molar-refractivity contribution in [3.63, 3.8) is 0 Å². The van der Waals surface area contributed by atoms with Crippen molar-refractivity contribution < 1.29 is 19.1 Å². The number of carbonyl (C=O) groups excluding carboxylic acids is 2. The maximum atomic E-state index is 12.0. The quantitative estimate of drug-likeness (QED) is 0.613. The van der Waals surface area contributed by atoms with E-state index in [-0.39, 0.29) is 12.6 Å². The highest BCUT2D eigenvalue weighted by molar-refractivity contribution is 6.36. The largest absolute Gasteiger partial charge is 0.458 e. The molecule has 10 heteroatoms. The number of likely N-dealkylation sites (tertiary alicyclic amines) is 1. The Kier molecular flexibility index (Phi) is 7.79. The van der Waals surface area contributed by atoms with Crippen LogP contribution >= 0.6 is 23.2 Å². The smallest absolute Gasteiger partial charge is 0.409 e. The highest BCUT2D eigenvalue weighted by atomic mass is 35.5. The van der Waals surface area contributed by atoms with E-state index in [1.807, 2.05) is 19.9 Å². The third-order valence-corrected chi connectivity index (χ3v) is 5.78. The molecule has 172 valence electrons. The van der Waals surface area contributed by atoms with Crippen LogP contribution in [0.3, 0.4) is 0 Å². The SMILES string of the molecule is CCc1nc(-c2ccc(Cl)cc2Cl)c(CC)nc1N[C@@H]1CN(C(=O)OC)C[C@@H]1OC(C)=O. The fraction of sp³-hybridized carbons (Fsp3) is 0.455. The van der Waals surface area contributed by atoms with Crippen LogP contribution in [-0.2, 0) is 27.1 Å². The summed E-state index contributed by atoms with van der Waals surface area (Å²) in [7, 11) is 1.32. The van der Waals surface area contributed by atoms with Crippen molar-refractivity contribution in [1.82, 2.24) is 14.9 Å². The highest BCUT2D eigenvalue weighted by Crippen LogP contribution is 2.33. The molecule has 1 aliphatic heterocycles. The number of rotatable bonds is 6. The van der Waals surface area contributed by atoms with Crippen LogP contribution in [0.15, 0.2) is 18.2 Å². The number of benzene rings is 1. The predicted molar refractivity (Wildman–Crippen MR) is 123 cm³/mol. The minimum Gasteiger partial charge on any atom is -0.458 e. The first-order valence-corrected chi connectivity index (χ1v) is 11.1. The molecule has 0 bridgehead atoms. The summed E-state index contributed by atoms with van der Waals surface area (Å²) in [5.74, 6) is 0.171. The van der Waals surface area contributed by atoms with Crippen molar-refractivity contribution in [3.05, 3.63) is 39.6 Å². The zero-order chi connectivity index (χ0) is 23.4. The molecule has 1 saturated heterocycles. The van der Waals surface area contributed by atoms with Gasteiger partial charge in [-0.05, 0) is 31.0 Å². The Morgan fingerprint density at radius 3 is 2.47 bits per heavy atom. The van der Waals surface area contributed by atoms with E-state index in [0.717, 1.165) is 17.0 Å². The Morgan fingerprint density at radius 2 is 1.88 bits per heavy atom. The van der Waals surface area contributed by atoms with E-state index in [0.29, 0.717) is 40.9 Å². The molecule has 1 amide bonds. The zero-order valence-corrected chi connectivity index (χ0v) is 20.0. The Morgan fingerprint density at radius 1 is 1.16 bits per heavy atom. The molecule has 2 atom stereocenters. The summed E-state index contributed by atoms with van der Waals surface area (Å²) in [6, 6.07) is 4.93. The molecule has 1 aromatic carbocycles. The molecule has 1 aromatic heterocycles. The standard InChI is InChI=1S/C22H26Cl2N4O4/c1-5-16-20(14-8-7-13(23)9-15(14)24)25-17(6-2)21(26-16)27-18-10-28(22(30)31-4)11-19(18)32-12(3)29/h7-9,18-19H,5-6,10-11H2,1-4H3,(H,26,27)/t18-,19+/m1/s1. The Bertz CT molecular complexity index is 1020. The molecular weight excluding hydrogens is 455 g/mol. The van der Waals surface area contributed by atoms with E-state index >= 15 is 0 Å². The van der Waals surface area contributed by atoms with E-state index in [1.54, 1.807) is 12.1 Å². The van der Waals surface area contributed by atoms with Crippen molar-refractivity contribution in [2.45, 2.75) is 45.8 Å². The lowest BCUT2D eigenvalue weighted by molar-refractivity contribution is -0.145. The van der Waals surface area contributed by atoms with Gasteiger partial charge in [-0.1, -0.05) is 37.0 Å². The second kappa shape index (κ2) is 10.4. The van der Waals surface area contributed by atoms with Gasteiger partial charge in [0.15, 0.2) is 0 Å². The molecule has 0 saturated carbocycles. The Labute approximate surface area is 197 Å². The van der Waals surface area contributed by atoms with E-state index in [2.05, 4.69) is 5.32 Å². The van der Waals surface area contributed by atoms with Crippen LogP contribution in [0.5, 0.6) is 0 Å². The van der Waals surface area contributed by atoms with Crippen LogP contribution in [0.4, 0.5) is 10.6 Å². The molecule has 8 nitrogen and oxygen atoms in total. The average molecular weight is 481 g/mol. The van der Waals surface area contributed by atoms with Crippen LogP contribution in [0.1, 0.15) is 32.2 Å². The van der Waals surface area contributed by atoms with Gasteiger partial charge in [0.1, 0.15) is 11.9 Å². The third-order valence-electron chi connectivity index (χ3n) is 5.23. The molecular formula is C22H26Cl2N4O4. The van der Waals surface area contributed by atoms with Crippen molar-refractivity contribution in [3.8, 4) is 11.3 Å². The summed E-state index contributed by atoms with van der Waals surface area (Å²) >= 11 is 12.5. The predicted octanol–water partition coefficient (Wildman–Crippen LogP) is 4.37. The van der Waals surface area contributed by atoms with Gasteiger partial charge in [-0.15, -0.1) is 0 Å². The number of anilines is 1. The third kappa shape index (κ3) is 5.24. The number of hydrogen-bond donors (Lipinski definition) is 1. The summed E-state index contributed by atoms with van der Waals surface area (Å²) in [5.41, 5.74) is 2.97. The number of ether oxygens (including phenoxy) is 2. The molecule has 2 aromatic rings. The monoisotopic (exact) mass is 480 g/mol. The lowest BCUT2D eigenvalue weighted by atomic mass is 10.1. The fourth-order valence-corrected chi connectivity index (χ4v) is 4.21. The molecule has 1 N–H and O–H groups in total. The maximum absolute atomic E-state index is 12.0. The molecule has 0 unspecified atom stereocenters. The first-order valence-electron chi connectivity index (χ1n) is 10.4. The summed E-state index contributed by atoms with van der Waals surface area (Å²) < 4.78 is 10.3. The number of carbonyl (C=O) groups is 2. The number of halogens is 2. The molecule has 1 fully saturated rings. The minimum absolute atomic E-state index is 0.234. The number of esters is 1. The number of amides is 1. The minimum atomic E-state index is -0.534. The van der Waals surface area contributed by atoms with Gasteiger partial charge in [0, 0.05) is 24.1 Å². The average Bonchev–Trinajstić information content (AvgIpc) is 3.14. The fourth-order valence-electron chi connectivity index (χ4n) is 3.71. The Hall–Kier alpha value is -2.58. The topological polar surface area (TPSA) is 93.7 Å².